The average Bonchev–Trinajstić information content (AvgIpc) is 2.48. The van der Waals surface area contributed by atoms with Gasteiger partial charge in [0, 0.05) is 0 Å². The van der Waals surface area contributed by atoms with Crippen LogP contribution in [0.25, 0.3) is 0 Å². The van der Waals surface area contributed by atoms with Crippen LogP contribution in [0.1, 0.15) is 17.3 Å². The smallest absolute Gasteiger partial charge is 0.229 e. The zero-order valence-electron chi connectivity index (χ0n) is 11.4. The molecule has 0 radical (unpaired) electrons. The largest absolute Gasteiger partial charge is 0.461 e. The molecule has 7 heteroatoms. The zero-order chi connectivity index (χ0) is 15.6. The summed E-state index contributed by atoms with van der Waals surface area (Å²) in [5.74, 6) is -0.0375. The van der Waals surface area contributed by atoms with Gasteiger partial charge < -0.3 is 29.9 Å². The van der Waals surface area contributed by atoms with E-state index >= 15 is 0 Å². The van der Waals surface area contributed by atoms with Crippen LogP contribution in [-0.4, -0.2) is 63.5 Å². The van der Waals surface area contributed by atoms with Crippen LogP contribution < -0.4 is 4.74 Å². The lowest BCUT2D eigenvalue weighted by Crippen LogP contribution is -2.60. The molecule has 0 aromatic heterocycles. The monoisotopic (exact) mass is 298 g/mol. The molecule has 21 heavy (non-hydrogen) atoms. The van der Waals surface area contributed by atoms with E-state index in [0.29, 0.717) is 5.56 Å². The van der Waals surface area contributed by atoms with Gasteiger partial charge in [-0.3, -0.25) is 4.79 Å². The van der Waals surface area contributed by atoms with Crippen molar-refractivity contribution in [2.45, 2.75) is 37.6 Å². The molecular formula is C14H18O7. The fourth-order valence-corrected chi connectivity index (χ4v) is 2.15. The summed E-state index contributed by atoms with van der Waals surface area (Å²) >= 11 is 0. The predicted octanol–water partition coefficient (Wildman–Crippen LogP) is -0.932. The van der Waals surface area contributed by atoms with Crippen LogP contribution in [0.5, 0.6) is 5.75 Å². The van der Waals surface area contributed by atoms with Gasteiger partial charge in [0.05, 0.1) is 12.2 Å². The van der Waals surface area contributed by atoms with Crippen molar-refractivity contribution in [2.75, 3.05) is 6.61 Å². The van der Waals surface area contributed by atoms with Crippen molar-refractivity contribution in [1.82, 2.24) is 0 Å². The number of para-hydroxylation sites is 1. The lowest BCUT2D eigenvalue weighted by molar-refractivity contribution is -0.277. The Morgan fingerprint density at radius 3 is 2.48 bits per heavy atom. The van der Waals surface area contributed by atoms with E-state index < -0.39 is 37.3 Å². The van der Waals surface area contributed by atoms with Gasteiger partial charge in [-0.2, -0.15) is 0 Å². The number of hydrogen-bond donors (Lipinski definition) is 4. The molecule has 1 fully saturated rings. The fraction of sp³-hybridized carbons (Fsp3) is 0.500. The van der Waals surface area contributed by atoms with E-state index in [4.69, 9.17) is 14.6 Å². The lowest BCUT2D eigenvalue weighted by atomic mass is 9.99. The summed E-state index contributed by atoms with van der Waals surface area (Å²) < 4.78 is 10.7. The Bertz CT molecular complexity index is 502. The minimum absolute atomic E-state index is 0.189. The van der Waals surface area contributed by atoms with Gasteiger partial charge in [0.25, 0.3) is 0 Å². The van der Waals surface area contributed by atoms with Gasteiger partial charge >= 0.3 is 0 Å². The summed E-state index contributed by atoms with van der Waals surface area (Å²) in [6, 6.07) is 6.39. The molecule has 7 nitrogen and oxygen atoms in total. The topological polar surface area (TPSA) is 116 Å². The van der Waals surface area contributed by atoms with Gasteiger partial charge in [0.2, 0.25) is 6.29 Å². The van der Waals surface area contributed by atoms with Gasteiger partial charge in [-0.1, -0.05) is 12.1 Å². The van der Waals surface area contributed by atoms with E-state index in [1.165, 1.54) is 13.0 Å². The summed E-state index contributed by atoms with van der Waals surface area (Å²) in [6.07, 6.45) is -6.85. The second kappa shape index (κ2) is 6.50. The van der Waals surface area contributed by atoms with Crippen molar-refractivity contribution in [3.05, 3.63) is 29.8 Å². The highest BCUT2D eigenvalue weighted by molar-refractivity contribution is 5.96. The predicted molar refractivity (Wildman–Crippen MR) is 70.8 cm³/mol. The van der Waals surface area contributed by atoms with E-state index in [1.807, 2.05) is 0 Å². The molecule has 0 aliphatic carbocycles. The van der Waals surface area contributed by atoms with Crippen LogP contribution >= 0.6 is 0 Å². The number of rotatable bonds is 4. The molecule has 4 unspecified atom stereocenters. The Hall–Kier alpha value is -1.51. The maximum Gasteiger partial charge on any atom is 0.229 e. The fourth-order valence-electron chi connectivity index (χ4n) is 2.15. The third-order valence-corrected chi connectivity index (χ3v) is 3.36. The summed E-state index contributed by atoms with van der Waals surface area (Å²) in [6.45, 7) is 0.828. The quantitative estimate of drug-likeness (QED) is 0.530. The maximum atomic E-state index is 11.5. The Balaban J connectivity index is 2.20. The highest BCUT2D eigenvalue weighted by Gasteiger charge is 2.44. The molecule has 5 atom stereocenters. The maximum absolute atomic E-state index is 11.5. The molecule has 1 aromatic carbocycles. The molecule has 0 spiro atoms. The van der Waals surface area contributed by atoms with Crippen LogP contribution in [0.15, 0.2) is 24.3 Å². The van der Waals surface area contributed by atoms with Crippen molar-refractivity contribution >= 4 is 5.78 Å². The van der Waals surface area contributed by atoms with Crippen LogP contribution in [0, 0.1) is 0 Å². The SMILES string of the molecule is CC(=O)c1ccccc1O[C@H]1OC(CO)C(O)C(O)C1O. The first-order valence-electron chi connectivity index (χ1n) is 6.53. The van der Waals surface area contributed by atoms with Crippen LogP contribution in [0.4, 0.5) is 0 Å². The standard InChI is InChI=1S/C14H18O7/c1-7(16)8-4-2-3-5-9(8)20-14-13(19)12(18)11(17)10(6-15)21-14/h2-5,10-15,17-19H,6H2,1H3/t10?,11?,12?,13?,14-/m0/s1. The normalized spacial score (nSPS) is 32.7. The molecule has 1 saturated heterocycles. The van der Waals surface area contributed by atoms with Crippen molar-refractivity contribution in [1.29, 1.82) is 0 Å². The second-order valence-electron chi connectivity index (χ2n) is 4.87. The number of carbonyl (C=O) groups is 1. The van der Waals surface area contributed by atoms with Gasteiger partial charge in [0.1, 0.15) is 30.2 Å². The molecule has 0 amide bonds. The molecule has 2 rings (SSSR count). The van der Waals surface area contributed by atoms with Crippen molar-refractivity contribution in [3.8, 4) is 5.75 Å². The average molecular weight is 298 g/mol. The van der Waals surface area contributed by atoms with E-state index in [9.17, 15) is 20.1 Å². The van der Waals surface area contributed by atoms with Gasteiger partial charge in [-0.25, -0.2) is 0 Å². The number of benzene rings is 1. The number of Topliss-reactive ketones (excluding diaryl/α,β-unsaturated/α-hetero) is 1. The summed E-state index contributed by atoms with van der Waals surface area (Å²) in [7, 11) is 0. The molecule has 4 N–H and O–H groups in total. The molecule has 1 aromatic rings. The molecule has 1 aliphatic heterocycles. The van der Waals surface area contributed by atoms with Crippen molar-refractivity contribution in [2.24, 2.45) is 0 Å². The zero-order valence-corrected chi connectivity index (χ0v) is 11.4. The Morgan fingerprint density at radius 2 is 1.86 bits per heavy atom. The van der Waals surface area contributed by atoms with Gasteiger partial charge in [-0.15, -0.1) is 0 Å². The highest BCUT2D eigenvalue weighted by Crippen LogP contribution is 2.26. The van der Waals surface area contributed by atoms with Crippen molar-refractivity contribution in [3.63, 3.8) is 0 Å². The Kier molecular flexibility index (Phi) is 4.92. The van der Waals surface area contributed by atoms with Crippen LogP contribution in [0.3, 0.4) is 0 Å². The van der Waals surface area contributed by atoms with Crippen molar-refractivity contribution < 1.29 is 34.7 Å². The first-order valence-corrected chi connectivity index (χ1v) is 6.53. The number of carbonyl (C=O) groups excluding carboxylic acids is 1. The first-order chi connectivity index (χ1) is 9.95. The minimum atomic E-state index is -1.52. The molecule has 0 saturated carbocycles. The number of aliphatic hydroxyl groups is 4. The van der Waals surface area contributed by atoms with Gasteiger partial charge in [-0.05, 0) is 19.1 Å². The first kappa shape index (κ1) is 15.9. The summed E-state index contributed by atoms with van der Waals surface area (Å²) in [5, 5.41) is 38.4. The molecule has 0 bridgehead atoms. The lowest BCUT2D eigenvalue weighted by Gasteiger charge is -2.39. The Labute approximate surface area is 121 Å². The second-order valence-corrected chi connectivity index (χ2v) is 4.87. The van der Waals surface area contributed by atoms with E-state index in [1.54, 1.807) is 18.2 Å². The Morgan fingerprint density at radius 1 is 1.19 bits per heavy atom. The molecule has 1 heterocycles. The summed E-state index contributed by atoms with van der Waals surface area (Å²) in [5.41, 5.74) is 0.300. The number of ketones is 1. The third-order valence-electron chi connectivity index (χ3n) is 3.36. The third kappa shape index (κ3) is 3.22. The van der Waals surface area contributed by atoms with E-state index in [2.05, 4.69) is 0 Å². The minimum Gasteiger partial charge on any atom is -0.461 e. The molecule has 116 valence electrons. The van der Waals surface area contributed by atoms with Gasteiger partial charge in [0.15, 0.2) is 5.78 Å². The van der Waals surface area contributed by atoms with Crippen LogP contribution in [-0.2, 0) is 4.74 Å². The highest BCUT2D eigenvalue weighted by atomic mass is 16.7. The number of aliphatic hydroxyl groups excluding tert-OH is 4. The van der Waals surface area contributed by atoms with E-state index in [-0.39, 0.29) is 11.5 Å². The van der Waals surface area contributed by atoms with E-state index in [0.717, 1.165) is 0 Å². The summed E-state index contributed by atoms with van der Waals surface area (Å²) in [4.78, 5) is 11.5. The molecular weight excluding hydrogens is 280 g/mol. The number of ether oxygens (including phenoxy) is 2. The number of hydrogen-bond acceptors (Lipinski definition) is 7. The molecule has 1 aliphatic rings. The van der Waals surface area contributed by atoms with Crippen LogP contribution in [0.2, 0.25) is 0 Å².